The predicted octanol–water partition coefficient (Wildman–Crippen LogP) is 4.40. The second-order valence-electron chi connectivity index (χ2n) is 8.03. The summed E-state index contributed by atoms with van der Waals surface area (Å²) in [6.07, 6.45) is 0.616. The zero-order chi connectivity index (χ0) is 22.6. The number of carbonyl (C=O) groups excluding carboxylic acids is 1. The number of hydrogen-bond acceptors (Lipinski definition) is 5. The van der Waals surface area contributed by atoms with Gasteiger partial charge in [-0.2, -0.15) is 0 Å². The molecule has 0 radical (unpaired) electrons. The maximum absolute atomic E-state index is 13.1. The van der Waals surface area contributed by atoms with E-state index in [2.05, 4.69) is 52.4 Å². The monoisotopic (exact) mass is 503 g/mol. The normalized spacial score (nSPS) is 12.1. The fourth-order valence-electron chi connectivity index (χ4n) is 3.06. The molecule has 0 spiro atoms. The van der Waals surface area contributed by atoms with Crippen molar-refractivity contribution in [3.63, 3.8) is 0 Å². The second-order valence-corrected chi connectivity index (χ2v) is 13.6. The first-order valence-electron chi connectivity index (χ1n) is 9.88. The number of carbonyl (C=O) groups is 1. The zero-order valence-corrected chi connectivity index (χ0v) is 20.9. The number of hydrogen-bond donors (Lipinski definition) is 1. The molecule has 6 nitrogen and oxygen atoms in total. The average molecular weight is 504 g/mol. The summed E-state index contributed by atoms with van der Waals surface area (Å²) < 4.78 is 22.6. The molecule has 0 saturated carbocycles. The molecule has 31 heavy (non-hydrogen) atoms. The molecule has 1 aliphatic rings. The lowest BCUT2D eigenvalue weighted by Gasteiger charge is -2.15. The number of amides is 1. The number of nitrogens with one attached hydrogen (secondary N) is 1. The van der Waals surface area contributed by atoms with Gasteiger partial charge in [-0.3, -0.25) is 4.79 Å². The van der Waals surface area contributed by atoms with E-state index in [1.807, 2.05) is 12.1 Å². The fraction of sp³-hybridized carbons (Fsp3) is 0.348. The molecule has 0 bridgehead atoms. The molecular formula is C23H26BrNO5Si. The third-order valence-corrected chi connectivity index (χ3v) is 6.18. The number of fused-ring (bicyclic) bond motifs is 1. The van der Waals surface area contributed by atoms with E-state index < -0.39 is 8.07 Å². The highest BCUT2D eigenvalue weighted by molar-refractivity contribution is 9.10. The van der Waals surface area contributed by atoms with Gasteiger partial charge in [-0.1, -0.05) is 41.5 Å². The van der Waals surface area contributed by atoms with Crippen molar-refractivity contribution in [2.24, 2.45) is 0 Å². The van der Waals surface area contributed by atoms with Gasteiger partial charge in [0, 0.05) is 16.6 Å². The van der Waals surface area contributed by atoms with Crippen molar-refractivity contribution >= 4 is 29.9 Å². The first-order valence-corrected chi connectivity index (χ1v) is 14.2. The van der Waals surface area contributed by atoms with Crippen LogP contribution in [-0.4, -0.2) is 41.5 Å². The molecule has 1 amide bonds. The van der Waals surface area contributed by atoms with Crippen LogP contribution in [0, 0.1) is 11.5 Å². The van der Waals surface area contributed by atoms with E-state index >= 15 is 0 Å². The van der Waals surface area contributed by atoms with Gasteiger partial charge in [-0.05, 0) is 36.2 Å². The molecule has 0 aromatic heterocycles. The summed E-state index contributed by atoms with van der Waals surface area (Å²) in [4.78, 5) is 13.1. The summed E-state index contributed by atoms with van der Waals surface area (Å²) in [6.45, 7) is 7.12. The molecule has 0 unspecified atom stereocenters. The Labute approximate surface area is 192 Å². The van der Waals surface area contributed by atoms with Crippen molar-refractivity contribution < 1.29 is 23.7 Å². The Morgan fingerprint density at radius 3 is 2.52 bits per heavy atom. The highest BCUT2D eigenvalue weighted by Gasteiger charge is 2.22. The molecule has 8 heteroatoms. The van der Waals surface area contributed by atoms with Gasteiger partial charge >= 0.3 is 0 Å². The Kier molecular flexibility index (Phi) is 7.18. The zero-order valence-electron chi connectivity index (χ0n) is 18.3. The van der Waals surface area contributed by atoms with Gasteiger partial charge in [0.05, 0.1) is 14.2 Å². The molecule has 2 aromatic rings. The van der Waals surface area contributed by atoms with Gasteiger partial charge in [0.15, 0.2) is 23.0 Å². The lowest BCUT2D eigenvalue weighted by atomic mass is 10.0. The second kappa shape index (κ2) is 9.67. The molecular weight excluding hydrogens is 478 g/mol. The molecule has 164 valence electrons. The molecule has 0 fully saturated rings. The van der Waals surface area contributed by atoms with Crippen LogP contribution in [-0.2, 0) is 6.42 Å². The summed E-state index contributed by atoms with van der Waals surface area (Å²) in [5.41, 5.74) is 5.34. The predicted molar refractivity (Wildman–Crippen MR) is 126 cm³/mol. The minimum atomic E-state index is -1.62. The molecule has 1 N–H and O–H groups in total. The van der Waals surface area contributed by atoms with Gasteiger partial charge < -0.3 is 24.3 Å². The summed E-state index contributed by atoms with van der Waals surface area (Å²) in [7, 11) is 1.44. The number of halogens is 1. The summed E-state index contributed by atoms with van der Waals surface area (Å²) in [5, 5.41) is 2.98. The van der Waals surface area contributed by atoms with E-state index in [9.17, 15) is 4.79 Å². The van der Waals surface area contributed by atoms with Crippen LogP contribution in [0.1, 0.15) is 21.5 Å². The number of methoxy groups -OCH3 is 2. The van der Waals surface area contributed by atoms with E-state index in [1.54, 1.807) is 19.2 Å². The molecule has 1 heterocycles. The van der Waals surface area contributed by atoms with E-state index in [-0.39, 0.29) is 12.7 Å². The van der Waals surface area contributed by atoms with E-state index in [0.717, 1.165) is 10.0 Å². The van der Waals surface area contributed by atoms with Gasteiger partial charge in [-0.25, -0.2) is 0 Å². The topological polar surface area (TPSA) is 66.0 Å². The highest BCUT2D eigenvalue weighted by Crippen LogP contribution is 2.37. The summed E-state index contributed by atoms with van der Waals surface area (Å²) in [5.74, 6) is 5.22. The quantitative estimate of drug-likeness (QED) is 0.467. The van der Waals surface area contributed by atoms with E-state index in [4.69, 9.17) is 18.9 Å². The van der Waals surface area contributed by atoms with Crippen LogP contribution in [0.2, 0.25) is 19.6 Å². The van der Waals surface area contributed by atoms with Crippen LogP contribution < -0.4 is 24.3 Å². The first-order chi connectivity index (χ1) is 14.7. The minimum Gasteiger partial charge on any atom is -0.493 e. The lowest BCUT2D eigenvalue weighted by Crippen LogP contribution is -2.27. The Bertz CT molecular complexity index is 1050. The molecule has 0 aliphatic carbocycles. The smallest absolute Gasteiger partial charge is 0.256 e. The Balaban J connectivity index is 1.82. The van der Waals surface area contributed by atoms with Crippen LogP contribution in [0.15, 0.2) is 28.7 Å². The van der Waals surface area contributed by atoms with Crippen molar-refractivity contribution in [1.29, 1.82) is 0 Å². The molecule has 0 atom stereocenters. The Morgan fingerprint density at radius 2 is 1.87 bits per heavy atom. The SMILES string of the molecule is COc1ccc(C#C[Si](C)(C)C)c(C(=O)NCCc2cc3c(cc2Br)OCO3)c1OC. The maximum atomic E-state index is 13.1. The van der Waals surface area contributed by atoms with Crippen molar-refractivity contribution in [2.75, 3.05) is 27.6 Å². The fourth-order valence-corrected chi connectivity index (χ4v) is 4.09. The van der Waals surface area contributed by atoms with Crippen molar-refractivity contribution in [1.82, 2.24) is 5.32 Å². The van der Waals surface area contributed by atoms with Crippen LogP contribution in [0.4, 0.5) is 0 Å². The third kappa shape index (κ3) is 5.54. The first kappa shape index (κ1) is 23.0. The van der Waals surface area contributed by atoms with Gasteiger partial charge in [0.25, 0.3) is 5.91 Å². The van der Waals surface area contributed by atoms with Gasteiger partial charge in [0.2, 0.25) is 6.79 Å². The summed E-state index contributed by atoms with van der Waals surface area (Å²) >= 11 is 3.56. The standard InChI is InChI=1S/C23H26BrNO5Si/c1-27-18-7-6-15(9-11-31(3,4)5)21(22(18)28-2)23(26)25-10-8-16-12-19-20(13-17(16)24)30-14-29-19/h6-7,12-13H,8,10,14H2,1-5H3,(H,25,26). The average Bonchev–Trinajstić information content (AvgIpc) is 3.17. The van der Waals surface area contributed by atoms with Crippen molar-refractivity contribution in [3.8, 4) is 34.5 Å². The summed E-state index contributed by atoms with van der Waals surface area (Å²) in [6, 6.07) is 7.38. The Hall–Kier alpha value is -2.63. The van der Waals surface area contributed by atoms with Crippen molar-refractivity contribution in [3.05, 3.63) is 45.4 Å². The van der Waals surface area contributed by atoms with Crippen molar-refractivity contribution in [2.45, 2.75) is 26.1 Å². The van der Waals surface area contributed by atoms with E-state index in [0.29, 0.717) is 47.1 Å². The van der Waals surface area contributed by atoms with Gasteiger partial charge in [-0.15, -0.1) is 5.54 Å². The number of benzene rings is 2. The van der Waals surface area contributed by atoms with E-state index in [1.165, 1.54) is 7.11 Å². The molecule has 3 rings (SSSR count). The van der Waals surface area contributed by atoms with Crippen LogP contribution >= 0.6 is 15.9 Å². The maximum Gasteiger partial charge on any atom is 0.256 e. The van der Waals surface area contributed by atoms with Gasteiger partial charge in [0.1, 0.15) is 13.6 Å². The van der Waals surface area contributed by atoms with Crippen LogP contribution in [0.25, 0.3) is 0 Å². The molecule has 2 aromatic carbocycles. The largest absolute Gasteiger partial charge is 0.493 e. The number of rotatable bonds is 6. The minimum absolute atomic E-state index is 0.221. The third-order valence-electron chi connectivity index (χ3n) is 4.57. The molecule has 0 saturated heterocycles. The Morgan fingerprint density at radius 1 is 1.16 bits per heavy atom. The molecule has 1 aliphatic heterocycles. The van der Waals surface area contributed by atoms with Crippen LogP contribution in [0.3, 0.4) is 0 Å². The highest BCUT2D eigenvalue weighted by atomic mass is 79.9. The van der Waals surface area contributed by atoms with Crippen LogP contribution in [0.5, 0.6) is 23.0 Å². The number of ether oxygens (including phenoxy) is 4. The lowest BCUT2D eigenvalue weighted by molar-refractivity contribution is 0.0950.